The lowest BCUT2D eigenvalue weighted by Crippen LogP contribution is -2.42. The van der Waals surface area contributed by atoms with E-state index in [2.05, 4.69) is 36.4 Å². The van der Waals surface area contributed by atoms with Crippen molar-refractivity contribution in [3.05, 3.63) is 34.3 Å². The van der Waals surface area contributed by atoms with Gasteiger partial charge in [0.05, 0.1) is 24.1 Å². The molecule has 1 N–H and O–H groups in total. The molecule has 34 heavy (non-hydrogen) atoms. The number of rotatable bonds is 12. The van der Waals surface area contributed by atoms with E-state index in [1.807, 2.05) is 20.8 Å². The number of aryl methyl sites for hydroxylation is 2. The highest BCUT2D eigenvalue weighted by atomic mass is 16.5. The van der Waals surface area contributed by atoms with E-state index in [1.165, 1.54) is 22.5 Å². The molecule has 0 amide bonds. The topological polar surface area (TPSA) is 72.3 Å². The van der Waals surface area contributed by atoms with Gasteiger partial charge in [0.1, 0.15) is 5.69 Å². The molecule has 1 unspecified atom stereocenters. The number of hydrogen-bond acceptors (Lipinski definition) is 4. The van der Waals surface area contributed by atoms with Gasteiger partial charge in [-0.1, -0.05) is 25.7 Å². The van der Waals surface area contributed by atoms with Crippen LogP contribution in [0.4, 0.5) is 0 Å². The number of nitrogens with one attached hydrogen (secondary N) is 1. The van der Waals surface area contributed by atoms with Crippen LogP contribution in [0.1, 0.15) is 113 Å². The Hall–Kier alpha value is -2.63. The van der Waals surface area contributed by atoms with Crippen molar-refractivity contribution in [2.45, 2.75) is 99.0 Å². The van der Waals surface area contributed by atoms with Crippen LogP contribution in [0, 0.1) is 6.92 Å². The molecule has 186 valence electrons. The largest absolute Gasteiger partial charge is 0.466 e. The minimum absolute atomic E-state index is 0.0844. The first kappa shape index (κ1) is 26.0. The Balaban J connectivity index is 1.73. The number of carbonyl (C=O) groups is 2. The summed E-state index contributed by atoms with van der Waals surface area (Å²) < 4.78 is 12.8. The van der Waals surface area contributed by atoms with Gasteiger partial charge in [-0.05, 0) is 53.0 Å². The number of nitrogens with zero attached hydrogens (tertiary/aromatic N) is 1. The van der Waals surface area contributed by atoms with Gasteiger partial charge in [0, 0.05) is 37.0 Å². The second-order valence-corrected chi connectivity index (χ2v) is 9.39. The van der Waals surface area contributed by atoms with Gasteiger partial charge in [0.2, 0.25) is 5.69 Å². The normalized spacial score (nSPS) is 15.2. The van der Waals surface area contributed by atoms with Crippen LogP contribution in [0.2, 0.25) is 0 Å². The summed E-state index contributed by atoms with van der Waals surface area (Å²) >= 11 is 0. The molecule has 0 saturated heterocycles. The number of unbranched alkanes of at least 4 members (excludes halogenated alkanes) is 5. The SMILES string of the molecule is CCOC(=O)CCCCCCCCc1c2c(C)c(C(=O)OCC)[nH]c2cc2[n+]1C(C)C(C)=C2C. The number of ether oxygens (including phenoxy) is 2. The predicted molar refractivity (Wildman–Crippen MR) is 135 cm³/mol. The molecular formula is C28H41N2O4+. The van der Waals surface area contributed by atoms with Crippen molar-refractivity contribution in [1.29, 1.82) is 0 Å². The third kappa shape index (κ3) is 5.37. The van der Waals surface area contributed by atoms with Crippen LogP contribution in [0.15, 0.2) is 11.6 Å². The maximum absolute atomic E-state index is 12.5. The number of hydrogen-bond donors (Lipinski definition) is 1. The highest BCUT2D eigenvalue weighted by molar-refractivity contribution is 5.99. The summed E-state index contributed by atoms with van der Waals surface area (Å²) in [6, 6.07) is 2.51. The van der Waals surface area contributed by atoms with Crippen LogP contribution in [0.3, 0.4) is 0 Å². The molecule has 2 aromatic heterocycles. The molecule has 0 bridgehead atoms. The van der Waals surface area contributed by atoms with Crippen molar-refractivity contribution in [1.82, 2.24) is 4.98 Å². The molecule has 0 radical (unpaired) electrons. The van der Waals surface area contributed by atoms with Crippen molar-refractivity contribution in [2.75, 3.05) is 13.2 Å². The number of carbonyl (C=O) groups excluding carboxylic acids is 2. The fourth-order valence-corrected chi connectivity index (χ4v) is 5.17. The summed E-state index contributed by atoms with van der Waals surface area (Å²) in [6.07, 6.45) is 8.02. The zero-order valence-corrected chi connectivity index (χ0v) is 21.8. The van der Waals surface area contributed by atoms with Crippen LogP contribution < -0.4 is 4.57 Å². The van der Waals surface area contributed by atoms with E-state index in [4.69, 9.17) is 9.47 Å². The molecule has 6 heteroatoms. The van der Waals surface area contributed by atoms with E-state index in [-0.39, 0.29) is 11.9 Å². The second kappa shape index (κ2) is 11.7. The number of fused-ring (bicyclic) bond motifs is 2. The van der Waals surface area contributed by atoms with E-state index in [1.54, 1.807) is 0 Å². The lowest BCUT2D eigenvalue weighted by molar-refractivity contribution is -0.713. The quantitative estimate of drug-likeness (QED) is 0.230. The molecule has 0 spiro atoms. The van der Waals surface area contributed by atoms with Crippen molar-refractivity contribution in [2.24, 2.45) is 0 Å². The van der Waals surface area contributed by atoms with Crippen molar-refractivity contribution in [3.8, 4) is 0 Å². The predicted octanol–water partition coefficient (Wildman–Crippen LogP) is 6.14. The summed E-state index contributed by atoms with van der Waals surface area (Å²) in [5.41, 5.74) is 7.83. The van der Waals surface area contributed by atoms with E-state index in [0.29, 0.717) is 31.4 Å². The maximum atomic E-state index is 12.5. The zero-order valence-electron chi connectivity index (χ0n) is 21.8. The molecule has 1 aliphatic rings. The van der Waals surface area contributed by atoms with Gasteiger partial charge >= 0.3 is 11.9 Å². The number of aromatic amines is 1. The van der Waals surface area contributed by atoms with Gasteiger partial charge in [-0.2, -0.15) is 4.57 Å². The van der Waals surface area contributed by atoms with Crippen LogP contribution in [-0.4, -0.2) is 30.1 Å². The summed E-state index contributed by atoms with van der Waals surface area (Å²) in [5, 5.41) is 1.16. The molecule has 0 fully saturated rings. The number of H-pyrrole nitrogens is 1. The van der Waals surface area contributed by atoms with E-state index in [0.717, 1.165) is 61.4 Å². The Bertz CT molecular complexity index is 1080. The lowest BCUT2D eigenvalue weighted by atomic mass is 10.0. The lowest BCUT2D eigenvalue weighted by Gasteiger charge is -2.11. The minimum Gasteiger partial charge on any atom is -0.466 e. The van der Waals surface area contributed by atoms with Crippen molar-refractivity contribution < 1.29 is 23.6 Å². The Morgan fingerprint density at radius 1 is 0.971 bits per heavy atom. The molecule has 0 saturated carbocycles. The monoisotopic (exact) mass is 469 g/mol. The van der Waals surface area contributed by atoms with E-state index in [9.17, 15) is 9.59 Å². The highest BCUT2D eigenvalue weighted by Gasteiger charge is 2.36. The first-order chi connectivity index (χ1) is 16.3. The fourth-order valence-electron chi connectivity index (χ4n) is 5.17. The third-order valence-electron chi connectivity index (χ3n) is 7.22. The minimum atomic E-state index is -0.286. The van der Waals surface area contributed by atoms with E-state index < -0.39 is 0 Å². The standard InChI is InChI=1S/C28H40N2O4/c1-7-33-25(31)16-14-12-10-9-11-13-15-23-26-20(5)27(28(32)34-8-2)29-22(26)17-24-19(4)18(3)21(6)30(23)24/h17,21H,7-16H2,1-6H3/p+1. The zero-order chi connectivity index (χ0) is 24.8. The molecule has 3 rings (SSSR count). The summed E-state index contributed by atoms with van der Waals surface area (Å²) in [5.74, 6) is -0.370. The first-order valence-corrected chi connectivity index (χ1v) is 12.9. The summed E-state index contributed by atoms with van der Waals surface area (Å²) in [4.78, 5) is 27.4. The summed E-state index contributed by atoms with van der Waals surface area (Å²) in [6.45, 7) is 13.2. The van der Waals surface area contributed by atoms with Gasteiger partial charge in [-0.15, -0.1) is 0 Å². The van der Waals surface area contributed by atoms with Gasteiger partial charge in [0.25, 0.3) is 0 Å². The van der Waals surface area contributed by atoms with Gasteiger partial charge in [-0.25, -0.2) is 4.79 Å². The number of pyridine rings is 1. The van der Waals surface area contributed by atoms with Gasteiger partial charge in [-0.3, -0.25) is 4.79 Å². The average molecular weight is 470 g/mol. The van der Waals surface area contributed by atoms with Crippen molar-refractivity contribution >= 4 is 28.4 Å². The first-order valence-electron chi connectivity index (χ1n) is 12.9. The smallest absolute Gasteiger partial charge is 0.355 e. The fraction of sp³-hybridized carbons (Fsp3) is 0.607. The Kier molecular flexibility index (Phi) is 8.92. The van der Waals surface area contributed by atoms with Crippen molar-refractivity contribution in [3.63, 3.8) is 0 Å². The average Bonchev–Trinajstić information content (AvgIpc) is 3.25. The molecular weight excluding hydrogens is 428 g/mol. The van der Waals surface area contributed by atoms with Crippen LogP contribution >= 0.6 is 0 Å². The maximum Gasteiger partial charge on any atom is 0.355 e. The van der Waals surface area contributed by atoms with Gasteiger partial charge in [0.15, 0.2) is 11.7 Å². The van der Waals surface area contributed by atoms with Crippen LogP contribution in [0.5, 0.6) is 0 Å². The number of allylic oxidation sites excluding steroid dienone is 2. The Morgan fingerprint density at radius 2 is 1.62 bits per heavy atom. The third-order valence-corrected chi connectivity index (χ3v) is 7.22. The molecule has 1 aliphatic heterocycles. The molecule has 0 aliphatic carbocycles. The van der Waals surface area contributed by atoms with E-state index >= 15 is 0 Å². The van der Waals surface area contributed by atoms with Crippen LogP contribution in [0.25, 0.3) is 16.5 Å². The number of aromatic nitrogens is 2. The summed E-state index contributed by atoms with van der Waals surface area (Å²) in [7, 11) is 0. The molecule has 1 atom stereocenters. The molecule has 0 aromatic carbocycles. The Morgan fingerprint density at radius 3 is 2.29 bits per heavy atom. The van der Waals surface area contributed by atoms with Gasteiger partial charge < -0.3 is 14.5 Å². The second-order valence-electron chi connectivity index (χ2n) is 9.39. The molecule has 2 aromatic rings. The number of esters is 2. The molecule has 3 heterocycles. The molecule has 6 nitrogen and oxygen atoms in total. The highest BCUT2D eigenvalue weighted by Crippen LogP contribution is 2.35. The Labute approximate surface area is 203 Å². The van der Waals surface area contributed by atoms with Crippen LogP contribution in [-0.2, 0) is 20.7 Å².